The second-order valence-electron chi connectivity index (χ2n) is 6.24. The summed E-state index contributed by atoms with van der Waals surface area (Å²) in [6, 6.07) is 11.7. The second kappa shape index (κ2) is 7.62. The van der Waals surface area contributed by atoms with E-state index < -0.39 is 0 Å². The Morgan fingerprint density at radius 3 is 2.54 bits per heavy atom. The molecule has 0 amide bonds. The van der Waals surface area contributed by atoms with Crippen LogP contribution in [0.4, 0.5) is 0 Å². The van der Waals surface area contributed by atoms with Gasteiger partial charge in [-0.05, 0) is 55.2 Å². The zero-order chi connectivity index (χ0) is 18.7. The van der Waals surface area contributed by atoms with Gasteiger partial charge in [0.15, 0.2) is 5.78 Å². The normalized spacial score (nSPS) is 11.2. The number of phenols is 1. The Hall–Kier alpha value is -2.79. The number of aliphatic imine (C=N–C) groups is 1. The van der Waals surface area contributed by atoms with Gasteiger partial charge in [0.2, 0.25) is 0 Å². The molecule has 1 aromatic heterocycles. The van der Waals surface area contributed by atoms with Gasteiger partial charge < -0.3 is 5.11 Å². The molecule has 3 rings (SSSR count). The minimum Gasteiger partial charge on any atom is -0.507 e. The minimum atomic E-state index is -0.0502. The van der Waals surface area contributed by atoms with Crippen LogP contribution in [0.2, 0.25) is 0 Å². The highest BCUT2D eigenvalue weighted by atomic mass is 32.1. The van der Waals surface area contributed by atoms with Crippen molar-refractivity contribution in [2.24, 2.45) is 4.99 Å². The lowest BCUT2D eigenvalue weighted by molar-refractivity contribution is 0.101. The molecular formula is C21H20N2O2S. The molecule has 1 N–H and O–H groups in total. The van der Waals surface area contributed by atoms with Crippen LogP contribution in [-0.2, 0) is 0 Å². The molecule has 4 nitrogen and oxygen atoms in total. The van der Waals surface area contributed by atoms with E-state index in [1.54, 1.807) is 12.4 Å². The summed E-state index contributed by atoms with van der Waals surface area (Å²) >= 11 is 1.39. The van der Waals surface area contributed by atoms with Crippen molar-refractivity contribution >= 4 is 23.3 Å². The van der Waals surface area contributed by atoms with E-state index in [4.69, 9.17) is 0 Å². The van der Waals surface area contributed by atoms with Crippen molar-refractivity contribution in [2.75, 3.05) is 6.54 Å². The summed E-state index contributed by atoms with van der Waals surface area (Å²) in [6.45, 7) is 5.79. The number of Topliss-reactive ketones (excluding diaryl/α,β-unsaturated/α-hetero) is 1. The second-order valence-corrected chi connectivity index (χ2v) is 7.27. The summed E-state index contributed by atoms with van der Waals surface area (Å²) in [5, 5.41) is 10.7. The van der Waals surface area contributed by atoms with Crippen LogP contribution in [0.25, 0.3) is 10.6 Å². The third-order valence-electron chi connectivity index (χ3n) is 4.14. The van der Waals surface area contributed by atoms with Crippen LogP contribution < -0.4 is 0 Å². The average molecular weight is 364 g/mol. The highest BCUT2D eigenvalue weighted by molar-refractivity contribution is 7.17. The van der Waals surface area contributed by atoms with Crippen molar-refractivity contribution in [3.63, 3.8) is 0 Å². The van der Waals surface area contributed by atoms with E-state index in [9.17, 15) is 9.90 Å². The Morgan fingerprint density at radius 2 is 1.85 bits per heavy atom. The number of thiazole rings is 1. The lowest BCUT2D eigenvalue weighted by Crippen LogP contribution is -2.01. The fourth-order valence-electron chi connectivity index (χ4n) is 2.72. The van der Waals surface area contributed by atoms with Gasteiger partial charge in [-0.2, -0.15) is 0 Å². The van der Waals surface area contributed by atoms with E-state index in [1.807, 2.05) is 57.2 Å². The maximum atomic E-state index is 12.4. The number of benzene rings is 2. The summed E-state index contributed by atoms with van der Waals surface area (Å²) in [4.78, 5) is 21.6. The minimum absolute atomic E-state index is 0.0502. The summed E-state index contributed by atoms with van der Waals surface area (Å²) in [7, 11) is 0. The third kappa shape index (κ3) is 3.89. The molecule has 0 bridgehead atoms. The maximum Gasteiger partial charge on any atom is 0.195 e. The average Bonchev–Trinajstić information content (AvgIpc) is 3.10. The lowest BCUT2D eigenvalue weighted by Gasteiger charge is -2.04. The fraction of sp³-hybridized carbons (Fsp3) is 0.190. The Bertz CT molecular complexity index is 966. The maximum absolute atomic E-state index is 12.4. The third-order valence-corrected chi connectivity index (χ3v) is 5.22. The first-order valence-corrected chi connectivity index (χ1v) is 9.12. The molecule has 0 saturated carbocycles. The van der Waals surface area contributed by atoms with Crippen LogP contribution in [-0.4, -0.2) is 28.6 Å². The molecule has 132 valence electrons. The number of rotatable bonds is 5. The number of nitrogens with zero attached hydrogens (tertiary/aromatic N) is 2. The Balaban J connectivity index is 1.70. The Labute approximate surface area is 156 Å². The van der Waals surface area contributed by atoms with Gasteiger partial charge in [-0.25, -0.2) is 4.98 Å². The van der Waals surface area contributed by atoms with Crippen molar-refractivity contribution in [1.29, 1.82) is 0 Å². The first kappa shape index (κ1) is 18.0. The van der Waals surface area contributed by atoms with E-state index in [-0.39, 0.29) is 12.3 Å². The summed E-state index contributed by atoms with van der Waals surface area (Å²) in [6.07, 6.45) is 3.29. The molecule has 26 heavy (non-hydrogen) atoms. The Kier molecular flexibility index (Phi) is 5.28. The summed E-state index contributed by atoms with van der Waals surface area (Å²) in [5.74, 6) is 0.248. The number of aromatic hydroxyl groups is 1. The quantitative estimate of drug-likeness (QED) is 0.525. The highest BCUT2D eigenvalue weighted by Gasteiger charge is 2.12. The first-order chi connectivity index (χ1) is 12.5. The van der Waals surface area contributed by atoms with E-state index in [0.717, 1.165) is 32.8 Å². The molecule has 3 aromatic rings. The molecule has 1 heterocycles. The van der Waals surface area contributed by atoms with Gasteiger partial charge in [-0.3, -0.25) is 9.79 Å². The van der Waals surface area contributed by atoms with E-state index in [1.165, 1.54) is 11.3 Å². The van der Waals surface area contributed by atoms with Gasteiger partial charge in [0.25, 0.3) is 0 Å². The predicted molar refractivity (Wildman–Crippen MR) is 107 cm³/mol. The van der Waals surface area contributed by atoms with E-state index >= 15 is 0 Å². The zero-order valence-corrected chi connectivity index (χ0v) is 15.8. The summed E-state index contributed by atoms with van der Waals surface area (Å²) in [5.41, 5.74) is 4.65. The van der Waals surface area contributed by atoms with Crippen LogP contribution >= 0.6 is 11.3 Å². The SMILES string of the molecule is Cc1ccccc1-c1ncc(C(=O)CN=Cc2cc(C)c(O)c(C)c2)s1. The number of carbonyl (C=O) groups is 1. The number of ketones is 1. The Morgan fingerprint density at radius 1 is 1.15 bits per heavy atom. The van der Waals surface area contributed by atoms with Crippen LogP contribution in [0.3, 0.4) is 0 Å². The largest absolute Gasteiger partial charge is 0.507 e. The molecule has 0 aliphatic rings. The molecular weight excluding hydrogens is 344 g/mol. The lowest BCUT2D eigenvalue weighted by atomic mass is 10.1. The van der Waals surface area contributed by atoms with Crippen LogP contribution in [0, 0.1) is 20.8 Å². The smallest absolute Gasteiger partial charge is 0.195 e. The van der Waals surface area contributed by atoms with Crippen molar-refractivity contribution in [1.82, 2.24) is 4.98 Å². The molecule has 0 unspecified atom stereocenters. The van der Waals surface area contributed by atoms with E-state index in [2.05, 4.69) is 9.98 Å². The summed E-state index contributed by atoms with van der Waals surface area (Å²) < 4.78 is 0. The number of hydrogen-bond acceptors (Lipinski definition) is 5. The fourth-order valence-corrected chi connectivity index (χ4v) is 3.65. The number of phenolic OH excluding ortho intramolecular Hbond substituents is 1. The number of aryl methyl sites for hydroxylation is 3. The van der Waals surface area contributed by atoms with Crippen LogP contribution in [0.1, 0.15) is 31.9 Å². The molecule has 2 aromatic carbocycles. The van der Waals surface area contributed by atoms with Gasteiger partial charge in [-0.15, -0.1) is 11.3 Å². The zero-order valence-electron chi connectivity index (χ0n) is 15.0. The molecule has 0 spiro atoms. The standard InChI is InChI=1S/C21H20N2O2S/c1-13-6-4-5-7-17(13)21-23-12-19(26-21)18(24)11-22-10-16-8-14(2)20(25)15(3)9-16/h4-10,12,25H,11H2,1-3H3. The van der Waals surface area contributed by atoms with Crippen LogP contribution in [0.15, 0.2) is 47.6 Å². The van der Waals surface area contributed by atoms with Crippen molar-refractivity contribution in [3.8, 4) is 16.3 Å². The number of carbonyl (C=O) groups excluding carboxylic acids is 1. The molecule has 0 fully saturated rings. The monoisotopic (exact) mass is 364 g/mol. The molecule has 0 aliphatic carbocycles. The van der Waals surface area contributed by atoms with Crippen molar-refractivity contribution in [2.45, 2.75) is 20.8 Å². The van der Waals surface area contributed by atoms with Gasteiger partial charge in [0.05, 0.1) is 4.88 Å². The van der Waals surface area contributed by atoms with Gasteiger partial charge in [0, 0.05) is 18.0 Å². The molecule has 0 aliphatic heterocycles. The molecule has 0 saturated heterocycles. The first-order valence-electron chi connectivity index (χ1n) is 8.31. The number of aromatic nitrogens is 1. The molecule has 5 heteroatoms. The molecule has 0 atom stereocenters. The van der Waals surface area contributed by atoms with E-state index in [0.29, 0.717) is 10.6 Å². The van der Waals surface area contributed by atoms with Gasteiger partial charge >= 0.3 is 0 Å². The predicted octanol–water partition coefficient (Wildman–Crippen LogP) is 4.74. The molecule has 0 radical (unpaired) electrons. The van der Waals surface area contributed by atoms with Gasteiger partial charge in [0.1, 0.15) is 17.3 Å². The topological polar surface area (TPSA) is 62.5 Å². The van der Waals surface area contributed by atoms with Crippen molar-refractivity contribution in [3.05, 3.63) is 69.7 Å². The number of hydrogen-bond donors (Lipinski definition) is 1. The van der Waals surface area contributed by atoms with Crippen LogP contribution in [0.5, 0.6) is 5.75 Å². The highest BCUT2D eigenvalue weighted by Crippen LogP contribution is 2.28. The van der Waals surface area contributed by atoms with Crippen molar-refractivity contribution < 1.29 is 9.90 Å². The van der Waals surface area contributed by atoms with Gasteiger partial charge in [-0.1, -0.05) is 24.3 Å².